The third kappa shape index (κ3) is 1.51. The highest BCUT2D eigenvalue weighted by atomic mass is 16.5. The van der Waals surface area contributed by atoms with Crippen LogP contribution in [-0.2, 0) is 38.1 Å². The lowest BCUT2D eigenvalue weighted by Crippen LogP contribution is -2.59. The van der Waals surface area contributed by atoms with Crippen molar-refractivity contribution in [2.24, 2.45) is 28.1 Å². The number of hydrogen-bond donors (Lipinski definition) is 0. The number of carbonyl (C=O) groups is 4. The Bertz CT molecular complexity index is 576. The van der Waals surface area contributed by atoms with Crippen LogP contribution in [0.4, 0.5) is 0 Å². The van der Waals surface area contributed by atoms with Crippen molar-refractivity contribution in [2.75, 3.05) is 28.4 Å². The summed E-state index contributed by atoms with van der Waals surface area (Å²) in [6.07, 6.45) is 0. The van der Waals surface area contributed by atoms with E-state index in [9.17, 15) is 19.2 Å². The zero-order valence-electron chi connectivity index (χ0n) is 13.9. The van der Waals surface area contributed by atoms with E-state index in [0.717, 1.165) is 14.2 Å². The molecule has 0 aliphatic heterocycles. The molecule has 2 fully saturated rings. The summed E-state index contributed by atoms with van der Waals surface area (Å²) in [5.74, 6) is -4.84. The van der Waals surface area contributed by atoms with Crippen LogP contribution in [0.5, 0.6) is 0 Å². The molecule has 0 aromatic heterocycles. The predicted molar refractivity (Wildman–Crippen MR) is 73.7 cm³/mol. The molecule has 8 heteroatoms. The van der Waals surface area contributed by atoms with Crippen molar-refractivity contribution in [3.63, 3.8) is 0 Å². The molecule has 128 valence electrons. The zero-order chi connectivity index (χ0) is 17.8. The highest BCUT2D eigenvalue weighted by Crippen LogP contribution is 2.90. The van der Waals surface area contributed by atoms with Gasteiger partial charge in [0.15, 0.2) is 0 Å². The number of hydrogen-bond acceptors (Lipinski definition) is 8. The molecule has 0 spiro atoms. The van der Waals surface area contributed by atoms with Gasteiger partial charge >= 0.3 is 23.9 Å². The molecule has 0 heterocycles. The van der Waals surface area contributed by atoms with Crippen LogP contribution in [0.15, 0.2) is 0 Å². The van der Waals surface area contributed by atoms with Crippen molar-refractivity contribution < 1.29 is 38.1 Å². The third-order valence-electron chi connectivity index (χ3n) is 5.66. The van der Waals surface area contributed by atoms with Gasteiger partial charge in [-0.3, -0.25) is 19.2 Å². The Balaban J connectivity index is 2.66. The maximum absolute atomic E-state index is 12.4. The second-order valence-electron chi connectivity index (χ2n) is 6.22. The Morgan fingerprint density at radius 2 is 1.22 bits per heavy atom. The molecule has 0 saturated heterocycles. The van der Waals surface area contributed by atoms with Crippen LogP contribution in [0.1, 0.15) is 13.8 Å². The number of carbonyl (C=O) groups excluding carboxylic acids is 4. The van der Waals surface area contributed by atoms with Gasteiger partial charge in [-0.1, -0.05) is 0 Å². The molecular formula is C15H20O8. The number of esters is 4. The van der Waals surface area contributed by atoms with Crippen LogP contribution in [-0.4, -0.2) is 52.3 Å². The molecule has 5 unspecified atom stereocenters. The average molecular weight is 328 g/mol. The Hall–Kier alpha value is -2.12. The Labute approximate surface area is 133 Å². The normalized spacial score (nSPS) is 40.1. The van der Waals surface area contributed by atoms with Gasteiger partial charge < -0.3 is 18.9 Å². The lowest BCUT2D eigenvalue weighted by Gasteiger charge is -2.46. The first kappa shape index (κ1) is 17.2. The summed E-state index contributed by atoms with van der Waals surface area (Å²) in [6, 6.07) is 0. The van der Waals surface area contributed by atoms with Crippen LogP contribution >= 0.6 is 0 Å². The number of ether oxygens (including phenoxy) is 4. The van der Waals surface area contributed by atoms with E-state index in [1.54, 1.807) is 0 Å². The fourth-order valence-corrected chi connectivity index (χ4v) is 4.85. The zero-order valence-corrected chi connectivity index (χ0v) is 13.9. The molecule has 2 aliphatic rings. The highest BCUT2D eigenvalue weighted by Gasteiger charge is 3.01. The Morgan fingerprint density at radius 3 is 1.61 bits per heavy atom. The van der Waals surface area contributed by atoms with E-state index in [4.69, 9.17) is 18.9 Å². The van der Waals surface area contributed by atoms with Gasteiger partial charge in [-0.15, -0.1) is 0 Å². The van der Waals surface area contributed by atoms with E-state index >= 15 is 0 Å². The van der Waals surface area contributed by atoms with Crippen LogP contribution < -0.4 is 0 Å². The standard InChI is InChI=1S/C15H20O8/c1-13(10(17)21-4)7(8(16)20-3)15(12(19)23-6)9(13)14(15,2)11(18)22-5/h7,9H,1-6H3. The van der Waals surface area contributed by atoms with Crippen LogP contribution in [0.3, 0.4) is 0 Å². The summed E-state index contributed by atoms with van der Waals surface area (Å²) >= 11 is 0. The van der Waals surface area contributed by atoms with Gasteiger partial charge in [0, 0.05) is 5.92 Å². The summed E-state index contributed by atoms with van der Waals surface area (Å²) in [5.41, 5.74) is -4.22. The number of rotatable bonds is 4. The van der Waals surface area contributed by atoms with Crippen LogP contribution in [0, 0.1) is 28.1 Å². The van der Waals surface area contributed by atoms with E-state index in [2.05, 4.69) is 0 Å². The molecule has 5 atom stereocenters. The van der Waals surface area contributed by atoms with Crippen molar-refractivity contribution in [1.29, 1.82) is 0 Å². The van der Waals surface area contributed by atoms with Gasteiger partial charge in [0.25, 0.3) is 0 Å². The monoisotopic (exact) mass is 328 g/mol. The van der Waals surface area contributed by atoms with Gasteiger partial charge in [-0.05, 0) is 13.8 Å². The van der Waals surface area contributed by atoms with Crippen molar-refractivity contribution in [3.05, 3.63) is 0 Å². The van der Waals surface area contributed by atoms with Crippen molar-refractivity contribution in [1.82, 2.24) is 0 Å². The lowest BCUT2D eigenvalue weighted by atomic mass is 9.54. The minimum Gasteiger partial charge on any atom is -0.469 e. The molecule has 2 rings (SSSR count). The fraction of sp³-hybridized carbons (Fsp3) is 0.733. The molecule has 8 nitrogen and oxygen atoms in total. The Kier molecular flexibility index (Phi) is 3.70. The molecular weight excluding hydrogens is 308 g/mol. The number of methoxy groups -OCH3 is 4. The molecule has 2 aliphatic carbocycles. The van der Waals surface area contributed by atoms with E-state index < -0.39 is 52.0 Å². The summed E-state index contributed by atoms with van der Waals surface area (Å²) in [6.45, 7) is 2.98. The SMILES string of the molecule is COC(=O)C1C(C)(C(=O)OC)C2C(C)(C(=O)OC)C12C(=O)OC. The molecule has 23 heavy (non-hydrogen) atoms. The smallest absolute Gasteiger partial charge is 0.314 e. The highest BCUT2D eigenvalue weighted by molar-refractivity contribution is 6.07. The first-order valence-electron chi connectivity index (χ1n) is 7.00. The largest absolute Gasteiger partial charge is 0.469 e. The number of fused-ring (bicyclic) bond motifs is 1. The summed E-state index contributed by atoms with van der Waals surface area (Å²) in [4.78, 5) is 49.3. The van der Waals surface area contributed by atoms with Crippen molar-refractivity contribution >= 4 is 23.9 Å². The lowest BCUT2D eigenvalue weighted by molar-refractivity contribution is -0.194. The Morgan fingerprint density at radius 1 is 0.739 bits per heavy atom. The van der Waals surface area contributed by atoms with E-state index in [0.29, 0.717) is 0 Å². The van der Waals surface area contributed by atoms with Gasteiger partial charge in [-0.2, -0.15) is 0 Å². The summed E-state index contributed by atoms with van der Waals surface area (Å²) < 4.78 is 19.2. The predicted octanol–water partition coefficient (Wildman–Crippen LogP) is -0.0630. The third-order valence-corrected chi connectivity index (χ3v) is 5.66. The molecule has 0 bridgehead atoms. The van der Waals surface area contributed by atoms with Gasteiger partial charge in [0.1, 0.15) is 5.41 Å². The maximum atomic E-state index is 12.4. The van der Waals surface area contributed by atoms with Crippen LogP contribution in [0.25, 0.3) is 0 Å². The van der Waals surface area contributed by atoms with Crippen LogP contribution in [0.2, 0.25) is 0 Å². The molecule has 0 N–H and O–H groups in total. The minimum atomic E-state index is -1.48. The first-order valence-corrected chi connectivity index (χ1v) is 7.00. The molecule has 0 radical (unpaired) electrons. The first-order chi connectivity index (χ1) is 10.7. The van der Waals surface area contributed by atoms with Gasteiger partial charge in [0.05, 0.1) is 45.2 Å². The van der Waals surface area contributed by atoms with Gasteiger partial charge in [-0.25, -0.2) is 0 Å². The second-order valence-corrected chi connectivity index (χ2v) is 6.22. The van der Waals surface area contributed by atoms with E-state index in [-0.39, 0.29) is 0 Å². The molecule has 0 aromatic carbocycles. The van der Waals surface area contributed by atoms with Crippen molar-refractivity contribution in [3.8, 4) is 0 Å². The second kappa shape index (κ2) is 4.94. The molecule has 0 amide bonds. The quantitative estimate of drug-likeness (QED) is 0.522. The van der Waals surface area contributed by atoms with Crippen molar-refractivity contribution in [2.45, 2.75) is 13.8 Å². The summed E-state index contributed by atoms with van der Waals surface area (Å²) in [5, 5.41) is 0. The van der Waals surface area contributed by atoms with E-state index in [1.165, 1.54) is 28.1 Å². The fourth-order valence-electron chi connectivity index (χ4n) is 4.85. The molecule has 2 saturated carbocycles. The molecule has 0 aromatic rings. The maximum Gasteiger partial charge on any atom is 0.314 e. The van der Waals surface area contributed by atoms with E-state index in [1.807, 2.05) is 0 Å². The average Bonchev–Trinajstić information content (AvgIpc) is 3.08. The van der Waals surface area contributed by atoms with Gasteiger partial charge in [0.2, 0.25) is 0 Å². The topological polar surface area (TPSA) is 105 Å². The minimum absolute atomic E-state index is 0.686. The summed E-state index contributed by atoms with van der Waals surface area (Å²) in [7, 11) is 4.67.